The molecule has 174 valence electrons. The van der Waals surface area contributed by atoms with Crippen LogP contribution < -0.4 is 20.9 Å². The van der Waals surface area contributed by atoms with Crippen LogP contribution in [0.5, 0.6) is 0 Å². The van der Waals surface area contributed by atoms with Gasteiger partial charge in [-0.05, 0) is 55.6 Å². The first-order chi connectivity index (χ1) is 16.0. The van der Waals surface area contributed by atoms with Gasteiger partial charge in [0, 0.05) is 37.5 Å². The number of urea groups is 1. The van der Waals surface area contributed by atoms with Gasteiger partial charge in [-0.25, -0.2) is 14.8 Å². The number of nitrogens with zero attached hydrogens (tertiary/aromatic N) is 3. The molecule has 2 fully saturated rings. The van der Waals surface area contributed by atoms with Gasteiger partial charge in [-0.1, -0.05) is 0 Å². The van der Waals surface area contributed by atoms with Gasteiger partial charge in [-0.3, -0.25) is 10.7 Å². The molecule has 1 aromatic carbocycles. The van der Waals surface area contributed by atoms with Crippen LogP contribution in [-0.2, 0) is 9.48 Å². The first-order valence-corrected chi connectivity index (χ1v) is 12.1. The maximum Gasteiger partial charge on any atom is 0.324 e. The molecular formula is C23H29N7O2S. The summed E-state index contributed by atoms with van der Waals surface area (Å²) in [5.74, 6) is 1.61. The highest BCUT2D eigenvalue weighted by Crippen LogP contribution is 2.55. The Hall–Kier alpha value is -3.11. The minimum Gasteiger partial charge on any atom is -0.394 e. The number of benzene rings is 1. The van der Waals surface area contributed by atoms with Crippen LogP contribution >= 0.6 is 11.8 Å². The first kappa shape index (κ1) is 23.1. The average Bonchev–Trinajstić information content (AvgIpc) is 3.65. The third-order valence-electron chi connectivity index (χ3n) is 5.68. The number of anilines is 2. The molecule has 2 aliphatic rings. The summed E-state index contributed by atoms with van der Waals surface area (Å²) in [6, 6.07) is 9.10. The molecule has 0 spiro atoms. The number of thioether (sulfide) groups is 1. The molecule has 33 heavy (non-hydrogen) atoms. The van der Waals surface area contributed by atoms with Crippen molar-refractivity contribution in [1.29, 1.82) is 5.41 Å². The number of rotatable bonds is 7. The summed E-state index contributed by atoms with van der Waals surface area (Å²) in [6.07, 6.45) is 7.43. The van der Waals surface area contributed by atoms with Crippen LogP contribution in [0.15, 0.2) is 42.6 Å². The molecule has 2 heterocycles. The van der Waals surface area contributed by atoms with Crippen molar-refractivity contribution < 1.29 is 9.53 Å². The van der Waals surface area contributed by atoms with Crippen molar-refractivity contribution in [3.8, 4) is 11.4 Å². The molecule has 1 saturated heterocycles. The zero-order valence-electron chi connectivity index (χ0n) is 18.9. The fourth-order valence-electron chi connectivity index (χ4n) is 3.63. The number of nitrogens with one attached hydrogen (secondary N) is 4. The van der Waals surface area contributed by atoms with Gasteiger partial charge in [0.25, 0.3) is 0 Å². The Morgan fingerprint density at radius 3 is 2.58 bits per heavy atom. The van der Waals surface area contributed by atoms with Crippen molar-refractivity contribution in [1.82, 2.24) is 20.6 Å². The molecule has 1 aliphatic carbocycles. The minimum absolute atomic E-state index is 0.0119. The summed E-state index contributed by atoms with van der Waals surface area (Å²) in [6.45, 7) is 3.04. The van der Waals surface area contributed by atoms with E-state index in [0.717, 1.165) is 43.0 Å². The highest BCUT2D eigenvalue weighted by molar-refractivity contribution is 7.99. The highest BCUT2D eigenvalue weighted by atomic mass is 32.2. The van der Waals surface area contributed by atoms with E-state index in [1.807, 2.05) is 36.0 Å². The Morgan fingerprint density at radius 1 is 1.21 bits per heavy atom. The van der Waals surface area contributed by atoms with E-state index in [0.29, 0.717) is 24.7 Å². The fraction of sp³-hybridized carbons (Fsp3) is 0.391. The minimum atomic E-state index is -0.475. The molecule has 0 bridgehead atoms. The van der Waals surface area contributed by atoms with Gasteiger partial charge in [0.05, 0.1) is 23.7 Å². The van der Waals surface area contributed by atoms with Crippen molar-refractivity contribution in [2.45, 2.75) is 17.6 Å². The maximum atomic E-state index is 12.1. The number of carbonyl (C=O) groups is 1. The third kappa shape index (κ3) is 5.63. The Balaban J connectivity index is 1.53. The summed E-state index contributed by atoms with van der Waals surface area (Å²) in [7, 11) is 1.72. The molecule has 1 aromatic heterocycles. The van der Waals surface area contributed by atoms with E-state index in [2.05, 4.69) is 33.2 Å². The Kier molecular flexibility index (Phi) is 7.14. The van der Waals surface area contributed by atoms with Gasteiger partial charge >= 0.3 is 6.03 Å². The van der Waals surface area contributed by atoms with Crippen molar-refractivity contribution in [2.75, 3.05) is 49.8 Å². The van der Waals surface area contributed by atoms with Crippen LogP contribution in [0.4, 0.5) is 16.3 Å². The van der Waals surface area contributed by atoms with Gasteiger partial charge in [0.1, 0.15) is 11.7 Å². The van der Waals surface area contributed by atoms with Crippen LogP contribution in [0.25, 0.3) is 11.4 Å². The van der Waals surface area contributed by atoms with E-state index in [4.69, 9.17) is 20.1 Å². The lowest BCUT2D eigenvalue weighted by atomic mass is 10.1. The number of hydrogen-bond acceptors (Lipinski definition) is 8. The highest BCUT2D eigenvalue weighted by Gasteiger charge is 2.45. The summed E-state index contributed by atoms with van der Waals surface area (Å²) in [5.41, 5.74) is 2.59. The fourth-order valence-corrected chi connectivity index (χ4v) is 4.45. The molecule has 2 aromatic rings. The Bertz CT molecular complexity index is 1030. The smallest absolute Gasteiger partial charge is 0.324 e. The average molecular weight is 468 g/mol. The number of hydrogen-bond donors (Lipinski definition) is 4. The topological polar surface area (TPSA) is 115 Å². The summed E-state index contributed by atoms with van der Waals surface area (Å²) >= 11 is 1.86. The van der Waals surface area contributed by atoms with Crippen molar-refractivity contribution >= 4 is 35.1 Å². The second kappa shape index (κ2) is 10.2. The van der Waals surface area contributed by atoms with Crippen molar-refractivity contribution in [2.24, 2.45) is 0 Å². The summed E-state index contributed by atoms with van der Waals surface area (Å²) in [5, 5.41) is 15.7. The number of amides is 2. The standard InChI is InChI=1S/C23H29N7O2S/c1-25-10-7-19(24)28-22(31)26-17-5-3-16(4-6-17)21-27-18(23(33-2)8-9-23)15-20(29-21)30-11-13-32-14-12-30/h3-7,10,15,25H,8-9,11-14H2,1-2H3,(H3,24,26,28,31)/b10-7-. The predicted octanol–water partition coefficient (Wildman–Crippen LogP) is 3.16. The van der Waals surface area contributed by atoms with Gasteiger partial charge in [-0.2, -0.15) is 11.8 Å². The zero-order valence-corrected chi connectivity index (χ0v) is 19.7. The maximum absolute atomic E-state index is 12.1. The SMILES string of the molecule is CN/C=C\C(=N)NC(=O)Nc1ccc(-c2nc(N3CCOCC3)cc(C3(SC)CC3)n2)cc1. The molecule has 0 radical (unpaired) electrons. The lowest BCUT2D eigenvalue weighted by Crippen LogP contribution is -2.37. The number of morpholine rings is 1. The van der Waals surface area contributed by atoms with Crippen LogP contribution in [0.3, 0.4) is 0 Å². The second-order valence-corrected chi connectivity index (χ2v) is 9.11. The molecule has 1 saturated carbocycles. The van der Waals surface area contributed by atoms with Crippen molar-refractivity contribution in [3.05, 3.63) is 48.3 Å². The molecule has 0 atom stereocenters. The van der Waals surface area contributed by atoms with Crippen molar-refractivity contribution in [3.63, 3.8) is 0 Å². The van der Waals surface area contributed by atoms with E-state index in [1.165, 1.54) is 6.08 Å². The first-order valence-electron chi connectivity index (χ1n) is 10.9. The monoisotopic (exact) mass is 467 g/mol. The normalized spacial score (nSPS) is 17.0. The second-order valence-electron chi connectivity index (χ2n) is 7.92. The molecule has 9 nitrogen and oxygen atoms in total. The number of ether oxygens (including phenoxy) is 1. The van der Waals surface area contributed by atoms with E-state index in [1.54, 1.807) is 13.2 Å². The molecule has 2 amide bonds. The molecule has 10 heteroatoms. The Labute approximate surface area is 197 Å². The van der Waals surface area contributed by atoms with Gasteiger partial charge < -0.3 is 20.3 Å². The Morgan fingerprint density at radius 2 is 1.94 bits per heavy atom. The lowest BCUT2D eigenvalue weighted by Gasteiger charge is -2.29. The van der Waals surface area contributed by atoms with E-state index < -0.39 is 6.03 Å². The van der Waals surface area contributed by atoms with Gasteiger partial charge in [-0.15, -0.1) is 0 Å². The lowest BCUT2D eigenvalue weighted by molar-refractivity contribution is 0.122. The zero-order chi connectivity index (χ0) is 23.3. The summed E-state index contributed by atoms with van der Waals surface area (Å²) < 4.78 is 5.59. The number of amidine groups is 1. The predicted molar refractivity (Wildman–Crippen MR) is 133 cm³/mol. The molecule has 4 N–H and O–H groups in total. The van der Waals surface area contributed by atoms with E-state index in [-0.39, 0.29) is 10.6 Å². The molecule has 4 rings (SSSR count). The van der Waals surface area contributed by atoms with Crippen LogP contribution in [0, 0.1) is 5.41 Å². The number of aromatic nitrogens is 2. The van der Waals surface area contributed by atoms with E-state index in [9.17, 15) is 4.79 Å². The largest absolute Gasteiger partial charge is 0.394 e. The molecule has 1 aliphatic heterocycles. The van der Waals surface area contributed by atoms with Gasteiger partial charge in [0.15, 0.2) is 5.82 Å². The number of carbonyl (C=O) groups excluding carboxylic acids is 1. The summed E-state index contributed by atoms with van der Waals surface area (Å²) in [4.78, 5) is 24.2. The molecule has 0 unspecified atom stereocenters. The van der Waals surface area contributed by atoms with E-state index >= 15 is 0 Å². The van der Waals surface area contributed by atoms with Crippen LogP contribution in [0.2, 0.25) is 0 Å². The van der Waals surface area contributed by atoms with Crippen LogP contribution in [0.1, 0.15) is 18.5 Å². The van der Waals surface area contributed by atoms with Gasteiger partial charge in [0.2, 0.25) is 0 Å². The molecular weight excluding hydrogens is 438 g/mol. The third-order valence-corrected chi connectivity index (χ3v) is 7.07. The quantitative estimate of drug-likeness (QED) is 0.365. The van der Waals surface area contributed by atoms with Crippen LogP contribution in [-0.4, -0.2) is 61.4 Å².